The van der Waals surface area contributed by atoms with Crippen LogP contribution in [0.3, 0.4) is 0 Å². The van der Waals surface area contributed by atoms with Crippen LogP contribution in [0.5, 0.6) is 0 Å². The fraction of sp³-hybridized carbons (Fsp3) is 0.526. The summed E-state index contributed by atoms with van der Waals surface area (Å²) in [4.78, 5) is 20.6. The normalized spacial score (nSPS) is 12.2. The summed E-state index contributed by atoms with van der Waals surface area (Å²) in [7, 11) is 0. The Morgan fingerprint density at radius 2 is 1.88 bits per heavy atom. The van der Waals surface area contributed by atoms with Crippen LogP contribution in [0, 0.1) is 18.9 Å². The maximum absolute atomic E-state index is 12.4. The molecule has 0 atom stereocenters. The van der Waals surface area contributed by atoms with E-state index in [-0.39, 0.29) is 16.9 Å². The molecule has 0 spiro atoms. The first-order valence-electron chi connectivity index (χ1n) is 8.13. The lowest BCUT2D eigenvalue weighted by Crippen LogP contribution is -2.27. The predicted molar refractivity (Wildman–Crippen MR) is 98.4 cm³/mol. The fourth-order valence-corrected chi connectivity index (χ4v) is 2.75. The van der Waals surface area contributed by atoms with Crippen molar-refractivity contribution in [3.63, 3.8) is 0 Å². The van der Waals surface area contributed by atoms with Gasteiger partial charge in [0.05, 0.1) is 17.6 Å². The minimum atomic E-state index is -0.270. The molecule has 0 aliphatic heterocycles. The number of amides is 1. The van der Waals surface area contributed by atoms with Crippen LogP contribution in [0.1, 0.15) is 53.5 Å². The molecule has 5 nitrogen and oxygen atoms in total. The third-order valence-corrected chi connectivity index (χ3v) is 3.71. The molecule has 0 radical (unpaired) electrons. The van der Waals surface area contributed by atoms with E-state index in [1.807, 2.05) is 44.4 Å². The zero-order valence-corrected chi connectivity index (χ0v) is 15.6. The highest BCUT2D eigenvalue weighted by Gasteiger charge is 2.24. The number of aryl methyl sites for hydroxylation is 1. The van der Waals surface area contributed by atoms with Gasteiger partial charge in [0.1, 0.15) is 0 Å². The second-order valence-corrected chi connectivity index (χ2v) is 8.47. The highest BCUT2D eigenvalue weighted by atomic mass is 16.1. The van der Waals surface area contributed by atoms with Crippen molar-refractivity contribution < 1.29 is 4.79 Å². The second kappa shape index (κ2) is 5.94. The van der Waals surface area contributed by atoms with Gasteiger partial charge in [0.25, 0.3) is 0 Å². The molecule has 128 valence electrons. The zero-order valence-electron chi connectivity index (χ0n) is 15.6. The number of aromatic nitrogens is 2. The molecule has 0 aliphatic rings. The molecule has 0 unspecified atom stereocenters. The van der Waals surface area contributed by atoms with E-state index < -0.39 is 0 Å². The number of nitrogens with one attached hydrogen (secondary N) is 1. The molecule has 1 amide bonds. The SMILES string of the molecule is [C-]#[N+]c1cc2c(cc1C)nc(NC(=O)CC(C)(C)C)n2C(C)(C)C. The first-order valence-corrected chi connectivity index (χ1v) is 8.13. The van der Waals surface area contributed by atoms with E-state index in [4.69, 9.17) is 6.57 Å². The Balaban J connectivity index is 2.58. The van der Waals surface area contributed by atoms with E-state index in [9.17, 15) is 4.79 Å². The first kappa shape index (κ1) is 18.0. The van der Waals surface area contributed by atoms with Crippen LogP contribution in [-0.4, -0.2) is 15.5 Å². The van der Waals surface area contributed by atoms with Crippen LogP contribution in [0.2, 0.25) is 0 Å². The molecule has 0 saturated heterocycles. The maximum Gasteiger partial charge on any atom is 0.227 e. The van der Waals surface area contributed by atoms with Crippen molar-refractivity contribution in [2.75, 3.05) is 5.32 Å². The van der Waals surface area contributed by atoms with Crippen LogP contribution < -0.4 is 5.32 Å². The van der Waals surface area contributed by atoms with Gasteiger partial charge in [-0.1, -0.05) is 20.8 Å². The van der Waals surface area contributed by atoms with Gasteiger partial charge in [-0.15, -0.1) is 0 Å². The molecule has 1 aromatic heterocycles. The predicted octanol–water partition coefficient (Wildman–Crippen LogP) is 5.03. The minimum Gasteiger partial charge on any atom is -0.306 e. The average molecular weight is 326 g/mol. The lowest BCUT2D eigenvalue weighted by atomic mass is 9.92. The summed E-state index contributed by atoms with van der Waals surface area (Å²) in [5.74, 6) is 0.485. The number of hydrogen-bond donors (Lipinski definition) is 1. The third-order valence-electron chi connectivity index (χ3n) is 3.71. The molecule has 2 aromatic rings. The number of fused-ring (bicyclic) bond motifs is 1. The Labute approximate surface area is 143 Å². The standard InChI is InChI=1S/C19H26N4O/c1-12-9-14-15(10-13(12)20-8)23(19(5,6)7)17(21-14)22-16(24)11-18(2,3)4/h9-10H,11H2,1-7H3,(H,21,22,24). The number of hydrogen-bond acceptors (Lipinski definition) is 2. The molecule has 24 heavy (non-hydrogen) atoms. The number of nitrogens with zero attached hydrogens (tertiary/aromatic N) is 3. The van der Waals surface area contributed by atoms with Gasteiger partial charge in [0.15, 0.2) is 5.69 Å². The molecule has 2 rings (SSSR count). The number of rotatable bonds is 2. The smallest absolute Gasteiger partial charge is 0.227 e. The lowest BCUT2D eigenvalue weighted by Gasteiger charge is -2.25. The minimum absolute atomic E-state index is 0.0505. The fourth-order valence-electron chi connectivity index (χ4n) is 2.75. The summed E-state index contributed by atoms with van der Waals surface area (Å²) in [6.07, 6.45) is 0.423. The summed E-state index contributed by atoms with van der Waals surface area (Å²) < 4.78 is 2.00. The molecule has 1 aromatic carbocycles. The van der Waals surface area contributed by atoms with Crippen molar-refractivity contribution in [3.8, 4) is 0 Å². The lowest BCUT2D eigenvalue weighted by molar-refractivity contribution is -0.117. The van der Waals surface area contributed by atoms with E-state index in [2.05, 4.69) is 35.9 Å². The van der Waals surface area contributed by atoms with Gasteiger partial charge in [-0.2, -0.15) is 0 Å². The number of carbonyl (C=O) groups excluding carboxylic acids is 1. The van der Waals surface area contributed by atoms with E-state index in [0.717, 1.165) is 16.6 Å². The number of imidazole rings is 1. The molecule has 1 N–H and O–H groups in total. The molecule has 5 heteroatoms. The molecule has 0 aliphatic carbocycles. The van der Waals surface area contributed by atoms with Gasteiger partial charge in [-0.3, -0.25) is 10.1 Å². The van der Waals surface area contributed by atoms with E-state index in [1.54, 1.807) is 0 Å². The molecular formula is C19H26N4O. The molecule has 0 saturated carbocycles. The van der Waals surface area contributed by atoms with Crippen molar-refractivity contribution in [2.45, 2.75) is 60.4 Å². The zero-order chi connectivity index (χ0) is 18.3. The van der Waals surface area contributed by atoms with Gasteiger partial charge in [-0.05, 0) is 50.8 Å². The van der Waals surface area contributed by atoms with Crippen molar-refractivity contribution in [3.05, 3.63) is 29.1 Å². The van der Waals surface area contributed by atoms with Gasteiger partial charge in [-0.25, -0.2) is 9.83 Å². The third kappa shape index (κ3) is 3.76. The first-order chi connectivity index (χ1) is 10.9. The van der Waals surface area contributed by atoms with Crippen LogP contribution >= 0.6 is 0 Å². The van der Waals surface area contributed by atoms with Crippen molar-refractivity contribution in [1.29, 1.82) is 0 Å². The number of anilines is 1. The van der Waals surface area contributed by atoms with Gasteiger partial charge in [0.2, 0.25) is 11.9 Å². The molecular weight excluding hydrogens is 300 g/mol. The van der Waals surface area contributed by atoms with Gasteiger partial charge >= 0.3 is 0 Å². The summed E-state index contributed by atoms with van der Waals surface area (Å²) in [5.41, 5.74) is 2.81. The van der Waals surface area contributed by atoms with Crippen LogP contribution in [0.4, 0.5) is 11.6 Å². The summed E-state index contributed by atoms with van der Waals surface area (Å²) in [5, 5.41) is 2.96. The van der Waals surface area contributed by atoms with E-state index >= 15 is 0 Å². The molecule has 1 heterocycles. The summed E-state index contributed by atoms with van der Waals surface area (Å²) >= 11 is 0. The van der Waals surface area contributed by atoms with Gasteiger partial charge < -0.3 is 4.57 Å². The van der Waals surface area contributed by atoms with Gasteiger partial charge in [0, 0.05) is 12.0 Å². The monoisotopic (exact) mass is 326 g/mol. The summed E-state index contributed by atoms with van der Waals surface area (Å²) in [6, 6.07) is 3.76. The van der Waals surface area contributed by atoms with Crippen LogP contribution in [0.25, 0.3) is 15.9 Å². The number of carbonyl (C=O) groups is 1. The average Bonchev–Trinajstić information content (AvgIpc) is 2.71. The Kier molecular flexibility index (Phi) is 4.45. The molecule has 0 fully saturated rings. The van der Waals surface area contributed by atoms with Crippen molar-refractivity contribution in [2.24, 2.45) is 5.41 Å². The van der Waals surface area contributed by atoms with E-state index in [1.165, 1.54) is 0 Å². The van der Waals surface area contributed by atoms with Crippen molar-refractivity contribution >= 4 is 28.6 Å². The van der Waals surface area contributed by atoms with Crippen molar-refractivity contribution in [1.82, 2.24) is 9.55 Å². The topological polar surface area (TPSA) is 51.3 Å². The second-order valence-electron chi connectivity index (χ2n) is 8.47. The quantitative estimate of drug-likeness (QED) is 0.787. The number of benzene rings is 1. The molecule has 0 bridgehead atoms. The summed E-state index contributed by atoms with van der Waals surface area (Å²) in [6.45, 7) is 21.5. The highest BCUT2D eigenvalue weighted by molar-refractivity contribution is 5.93. The van der Waals surface area contributed by atoms with E-state index in [0.29, 0.717) is 18.1 Å². The Morgan fingerprint density at radius 1 is 1.25 bits per heavy atom. The Hall–Kier alpha value is -2.35. The Bertz CT molecular complexity index is 826. The van der Waals surface area contributed by atoms with Crippen LogP contribution in [0.15, 0.2) is 12.1 Å². The maximum atomic E-state index is 12.4. The highest BCUT2D eigenvalue weighted by Crippen LogP contribution is 2.33. The Morgan fingerprint density at radius 3 is 2.38 bits per heavy atom. The van der Waals surface area contributed by atoms with Crippen LogP contribution in [-0.2, 0) is 10.3 Å². The largest absolute Gasteiger partial charge is 0.306 e.